The van der Waals surface area contributed by atoms with Gasteiger partial charge in [0.1, 0.15) is 5.82 Å². The highest BCUT2D eigenvalue weighted by atomic mass is 32.2. The fourth-order valence-corrected chi connectivity index (χ4v) is 6.16. The van der Waals surface area contributed by atoms with E-state index in [2.05, 4.69) is 22.9 Å². The highest BCUT2D eigenvalue weighted by molar-refractivity contribution is 8.18. The van der Waals surface area contributed by atoms with Crippen LogP contribution in [0.1, 0.15) is 36.8 Å². The SMILES string of the molecule is O=C1C(=Cc2cn(Cc3ccc(F)cc3)c3ccccc23)SC(=Nc2ccccc2)N1C1CCCC1. The van der Waals surface area contributed by atoms with Crippen molar-refractivity contribution in [2.24, 2.45) is 4.99 Å². The lowest BCUT2D eigenvalue weighted by molar-refractivity contribution is -0.123. The van der Waals surface area contributed by atoms with Gasteiger partial charge in [-0.2, -0.15) is 0 Å². The van der Waals surface area contributed by atoms with Crippen LogP contribution in [0, 0.1) is 5.82 Å². The van der Waals surface area contributed by atoms with Crippen LogP contribution in [0.3, 0.4) is 0 Å². The van der Waals surface area contributed by atoms with Gasteiger partial charge in [0.05, 0.1) is 10.6 Å². The molecule has 0 unspecified atom stereocenters. The van der Waals surface area contributed by atoms with Gasteiger partial charge in [-0.25, -0.2) is 9.38 Å². The van der Waals surface area contributed by atoms with E-state index >= 15 is 0 Å². The van der Waals surface area contributed by atoms with E-state index in [0.717, 1.165) is 58.6 Å². The van der Waals surface area contributed by atoms with E-state index in [0.29, 0.717) is 11.4 Å². The van der Waals surface area contributed by atoms with Gasteiger partial charge in [0.15, 0.2) is 5.17 Å². The Bertz CT molecular complexity index is 1470. The van der Waals surface area contributed by atoms with Gasteiger partial charge in [0.25, 0.3) is 5.91 Å². The number of thioether (sulfide) groups is 1. The first-order valence-corrected chi connectivity index (χ1v) is 13.2. The molecule has 180 valence electrons. The van der Waals surface area contributed by atoms with E-state index in [1.807, 2.05) is 65.6 Å². The summed E-state index contributed by atoms with van der Waals surface area (Å²) in [6, 6.07) is 24.8. The Hall–Kier alpha value is -3.64. The average Bonchev–Trinajstić information content (AvgIpc) is 3.61. The molecule has 0 radical (unpaired) electrons. The highest BCUT2D eigenvalue weighted by Gasteiger charge is 2.39. The minimum atomic E-state index is -0.238. The maximum atomic E-state index is 13.7. The molecule has 1 aliphatic heterocycles. The Morgan fingerprint density at radius 2 is 1.67 bits per heavy atom. The van der Waals surface area contributed by atoms with Gasteiger partial charge in [0.2, 0.25) is 0 Å². The maximum Gasteiger partial charge on any atom is 0.267 e. The highest BCUT2D eigenvalue weighted by Crippen LogP contribution is 2.39. The van der Waals surface area contributed by atoms with Gasteiger partial charge in [0, 0.05) is 35.2 Å². The van der Waals surface area contributed by atoms with Crippen molar-refractivity contribution in [1.29, 1.82) is 0 Å². The van der Waals surface area contributed by atoms with Crippen molar-refractivity contribution in [3.05, 3.63) is 107 Å². The summed E-state index contributed by atoms with van der Waals surface area (Å²) in [5.74, 6) is -0.199. The van der Waals surface area contributed by atoms with E-state index in [-0.39, 0.29) is 17.8 Å². The normalized spacial score (nSPS) is 18.8. The molecule has 4 nitrogen and oxygen atoms in total. The Balaban J connectivity index is 1.38. The van der Waals surface area contributed by atoms with Crippen LogP contribution in [0.15, 0.2) is 95.0 Å². The summed E-state index contributed by atoms with van der Waals surface area (Å²) in [7, 11) is 0. The fraction of sp³-hybridized carbons (Fsp3) is 0.200. The first-order valence-electron chi connectivity index (χ1n) is 12.3. The van der Waals surface area contributed by atoms with Crippen molar-refractivity contribution in [3.63, 3.8) is 0 Å². The van der Waals surface area contributed by atoms with Gasteiger partial charge in [-0.3, -0.25) is 9.69 Å². The third kappa shape index (κ3) is 4.49. The number of hydrogen-bond donors (Lipinski definition) is 0. The molecule has 2 heterocycles. The maximum absolute atomic E-state index is 13.7. The zero-order valence-electron chi connectivity index (χ0n) is 19.8. The van der Waals surface area contributed by atoms with Gasteiger partial charge in [-0.1, -0.05) is 61.4 Å². The quantitative estimate of drug-likeness (QED) is 0.271. The van der Waals surface area contributed by atoms with Crippen LogP contribution in [-0.2, 0) is 11.3 Å². The van der Waals surface area contributed by atoms with Crippen molar-refractivity contribution < 1.29 is 9.18 Å². The molecular weight excluding hydrogens is 469 g/mol. The Kier molecular flexibility index (Phi) is 6.20. The van der Waals surface area contributed by atoms with Crippen LogP contribution in [0.4, 0.5) is 10.1 Å². The van der Waals surface area contributed by atoms with E-state index in [4.69, 9.17) is 4.99 Å². The second-order valence-corrected chi connectivity index (χ2v) is 10.3. The number of amidine groups is 1. The van der Waals surface area contributed by atoms with Crippen LogP contribution < -0.4 is 0 Å². The van der Waals surface area contributed by atoms with E-state index < -0.39 is 0 Å². The van der Waals surface area contributed by atoms with Crippen molar-refractivity contribution in [3.8, 4) is 0 Å². The molecule has 1 amide bonds. The van der Waals surface area contributed by atoms with Crippen molar-refractivity contribution in [2.75, 3.05) is 0 Å². The molecule has 6 rings (SSSR count). The summed E-state index contributed by atoms with van der Waals surface area (Å²) in [5, 5.41) is 1.85. The minimum absolute atomic E-state index is 0.0388. The predicted molar refractivity (Wildman–Crippen MR) is 146 cm³/mol. The topological polar surface area (TPSA) is 37.6 Å². The Morgan fingerprint density at radius 3 is 2.44 bits per heavy atom. The Labute approximate surface area is 214 Å². The molecule has 2 aliphatic rings. The largest absolute Gasteiger partial charge is 0.342 e. The van der Waals surface area contributed by atoms with Crippen molar-refractivity contribution >= 4 is 45.5 Å². The number of para-hydroxylation sites is 2. The minimum Gasteiger partial charge on any atom is -0.342 e. The lowest BCUT2D eigenvalue weighted by atomic mass is 10.1. The Morgan fingerprint density at radius 1 is 0.944 bits per heavy atom. The molecule has 36 heavy (non-hydrogen) atoms. The van der Waals surface area contributed by atoms with E-state index in [1.54, 1.807) is 0 Å². The van der Waals surface area contributed by atoms with Gasteiger partial charge in [-0.15, -0.1) is 0 Å². The molecule has 1 saturated heterocycles. The van der Waals surface area contributed by atoms with Gasteiger partial charge in [-0.05, 0) is 66.6 Å². The van der Waals surface area contributed by atoms with Crippen LogP contribution in [0.2, 0.25) is 0 Å². The molecule has 0 bridgehead atoms. The zero-order chi connectivity index (χ0) is 24.5. The number of halogens is 1. The number of rotatable bonds is 5. The summed E-state index contributed by atoms with van der Waals surface area (Å²) in [5.41, 5.74) is 3.95. The third-order valence-corrected chi connectivity index (χ3v) is 7.86. The molecule has 1 aliphatic carbocycles. The molecule has 4 aromatic rings. The molecule has 1 saturated carbocycles. The van der Waals surface area contributed by atoms with Gasteiger partial charge >= 0.3 is 0 Å². The van der Waals surface area contributed by atoms with Crippen molar-refractivity contribution in [1.82, 2.24) is 9.47 Å². The number of benzene rings is 3. The molecule has 2 fully saturated rings. The van der Waals surface area contributed by atoms with Crippen LogP contribution in [0.25, 0.3) is 17.0 Å². The number of fused-ring (bicyclic) bond motifs is 1. The summed E-state index contributed by atoms with van der Waals surface area (Å²) in [6.45, 7) is 0.625. The number of aliphatic imine (C=N–C) groups is 1. The standard InChI is InChI=1S/C30H26FN3OS/c31-23-16-14-21(15-17-23)19-33-20-22(26-12-6-7-13-27(26)33)18-28-29(35)34(25-10-4-5-11-25)30(36-28)32-24-8-2-1-3-9-24/h1-3,6-9,12-18,20,25H,4-5,10-11,19H2. The molecular formula is C30H26FN3OS. The molecule has 0 atom stereocenters. The molecule has 1 aromatic heterocycles. The van der Waals surface area contributed by atoms with Crippen LogP contribution >= 0.6 is 11.8 Å². The number of carbonyl (C=O) groups is 1. The fourth-order valence-electron chi connectivity index (χ4n) is 5.11. The van der Waals surface area contributed by atoms with Crippen LogP contribution in [-0.4, -0.2) is 26.6 Å². The first kappa shape index (κ1) is 22.8. The molecule has 0 spiro atoms. The van der Waals surface area contributed by atoms with Crippen LogP contribution in [0.5, 0.6) is 0 Å². The second-order valence-electron chi connectivity index (χ2n) is 9.31. The molecule has 3 aromatic carbocycles. The molecule has 6 heteroatoms. The average molecular weight is 496 g/mol. The number of hydrogen-bond acceptors (Lipinski definition) is 3. The summed E-state index contributed by atoms with van der Waals surface area (Å²) < 4.78 is 15.6. The molecule has 0 N–H and O–H groups in total. The number of amides is 1. The summed E-state index contributed by atoms with van der Waals surface area (Å²) >= 11 is 1.46. The number of nitrogens with zero attached hydrogens (tertiary/aromatic N) is 3. The summed E-state index contributed by atoms with van der Waals surface area (Å²) in [6.07, 6.45) is 8.42. The lowest BCUT2D eigenvalue weighted by Crippen LogP contribution is -2.37. The number of carbonyl (C=O) groups excluding carboxylic acids is 1. The summed E-state index contributed by atoms with van der Waals surface area (Å²) in [4.78, 5) is 21.2. The van der Waals surface area contributed by atoms with E-state index in [9.17, 15) is 9.18 Å². The zero-order valence-corrected chi connectivity index (χ0v) is 20.6. The monoisotopic (exact) mass is 495 g/mol. The van der Waals surface area contributed by atoms with Gasteiger partial charge < -0.3 is 4.57 Å². The predicted octanol–water partition coefficient (Wildman–Crippen LogP) is 7.38. The third-order valence-electron chi connectivity index (χ3n) is 6.88. The smallest absolute Gasteiger partial charge is 0.267 e. The first-order chi connectivity index (χ1) is 17.7. The van der Waals surface area contributed by atoms with E-state index in [1.165, 1.54) is 23.9 Å². The van der Waals surface area contributed by atoms with Crippen molar-refractivity contribution in [2.45, 2.75) is 38.3 Å². The lowest BCUT2D eigenvalue weighted by Gasteiger charge is -2.22. The second kappa shape index (κ2) is 9.78. The number of aromatic nitrogens is 1.